The van der Waals surface area contributed by atoms with Crippen molar-refractivity contribution in [3.63, 3.8) is 0 Å². The zero-order chi connectivity index (χ0) is 13.9. The molecule has 2 atom stereocenters. The molecule has 106 valence electrons. The van der Waals surface area contributed by atoms with E-state index in [0.717, 1.165) is 0 Å². The van der Waals surface area contributed by atoms with Crippen LogP contribution < -0.4 is 5.32 Å². The number of nitrogens with zero attached hydrogens (tertiary/aromatic N) is 1. The molecule has 1 N–H and O–H groups in total. The monoisotopic (exact) mass is 266 g/mol. The zero-order valence-electron chi connectivity index (χ0n) is 11.0. The molecule has 0 aromatic carbocycles. The van der Waals surface area contributed by atoms with Crippen LogP contribution in [0.3, 0.4) is 0 Å². The van der Waals surface area contributed by atoms with E-state index in [9.17, 15) is 18.0 Å². The summed E-state index contributed by atoms with van der Waals surface area (Å²) in [6, 6.07) is -0.499. The van der Waals surface area contributed by atoms with E-state index in [-0.39, 0.29) is 24.9 Å². The van der Waals surface area contributed by atoms with E-state index < -0.39 is 18.1 Å². The predicted octanol–water partition coefficient (Wildman–Crippen LogP) is 2.17. The third-order valence-electron chi connectivity index (χ3n) is 3.27. The van der Waals surface area contributed by atoms with Gasteiger partial charge in [0.1, 0.15) is 0 Å². The van der Waals surface area contributed by atoms with Gasteiger partial charge in [-0.25, -0.2) is 0 Å². The van der Waals surface area contributed by atoms with Crippen LogP contribution in [0.1, 0.15) is 33.6 Å². The average molecular weight is 266 g/mol. The van der Waals surface area contributed by atoms with Crippen molar-refractivity contribution >= 4 is 5.91 Å². The second-order valence-corrected chi connectivity index (χ2v) is 5.21. The third-order valence-corrected chi connectivity index (χ3v) is 3.27. The van der Waals surface area contributed by atoms with E-state index >= 15 is 0 Å². The molecule has 0 unspecified atom stereocenters. The van der Waals surface area contributed by atoms with Crippen LogP contribution in [-0.4, -0.2) is 42.2 Å². The fourth-order valence-electron chi connectivity index (χ4n) is 2.20. The Morgan fingerprint density at radius 2 is 1.94 bits per heavy atom. The van der Waals surface area contributed by atoms with E-state index in [1.165, 1.54) is 0 Å². The molecule has 0 bridgehead atoms. The molecule has 1 aliphatic rings. The largest absolute Gasteiger partial charge is 0.393 e. The van der Waals surface area contributed by atoms with Gasteiger partial charge in [0, 0.05) is 12.6 Å². The van der Waals surface area contributed by atoms with Gasteiger partial charge in [0.05, 0.1) is 12.0 Å². The van der Waals surface area contributed by atoms with Crippen LogP contribution in [0.2, 0.25) is 0 Å². The lowest BCUT2D eigenvalue weighted by Crippen LogP contribution is -2.52. The number of hydrogen-bond donors (Lipinski definition) is 1. The fourth-order valence-corrected chi connectivity index (χ4v) is 2.20. The SMILES string of the molecule is CC(C)NC(=O)[C@@H](C)N1CCC[C@@H](C(F)(F)F)C1. The highest BCUT2D eigenvalue weighted by Gasteiger charge is 2.43. The molecule has 1 saturated heterocycles. The zero-order valence-corrected chi connectivity index (χ0v) is 11.0. The highest BCUT2D eigenvalue weighted by Crippen LogP contribution is 2.33. The maximum Gasteiger partial charge on any atom is 0.393 e. The number of hydrogen-bond acceptors (Lipinski definition) is 2. The Kier molecular flexibility index (Phi) is 5.01. The van der Waals surface area contributed by atoms with Gasteiger partial charge in [0.25, 0.3) is 0 Å². The molecule has 6 heteroatoms. The molecule has 0 aliphatic carbocycles. The van der Waals surface area contributed by atoms with Crippen molar-refractivity contribution < 1.29 is 18.0 Å². The number of carbonyl (C=O) groups is 1. The molecule has 0 saturated carbocycles. The summed E-state index contributed by atoms with van der Waals surface area (Å²) in [6.45, 7) is 5.81. The summed E-state index contributed by atoms with van der Waals surface area (Å²) in [5.74, 6) is -1.51. The number of rotatable bonds is 3. The number of halogens is 3. The normalized spacial score (nSPS) is 24.1. The molecule has 0 spiro atoms. The Morgan fingerprint density at radius 3 is 2.44 bits per heavy atom. The number of nitrogens with one attached hydrogen (secondary N) is 1. The molecule has 1 fully saturated rings. The second kappa shape index (κ2) is 5.91. The van der Waals surface area contributed by atoms with Crippen LogP contribution in [0.15, 0.2) is 0 Å². The summed E-state index contributed by atoms with van der Waals surface area (Å²) in [7, 11) is 0. The van der Waals surface area contributed by atoms with E-state index in [1.807, 2.05) is 13.8 Å². The van der Waals surface area contributed by atoms with Crippen molar-refractivity contribution in [1.29, 1.82) is 0 Å². The first-order valence-corrected chi connectivity index (χ1v) is 6.33. The minimum absolute atomic E-state index is 0.00292. The Balaban J connectivity index is 2.58. The summed E-state index contributed by atoms with van der Waals surface area (Å²) in [5, 5.41) is 2.73. The Bertz CT molecular complexity index is 292. The minimum Gasteiger partial charge on any atom is -0.353 e. The van der Waals surface area contributed by atoms with Gasteiger partial charge in [0.2, 0.25) is 5.91 Å². The summed E-state index contributed by atoms with van der Waals surface area (Å²) in [4.78, 5) is 13.4. The van der Waals surface area contributed by atoms with E-state index in [4.69, 9.17) is 0 Å². The lowest BCUT2D eigenvalue weighted by Gasteiger charge is -2.36. The van der Waals surface area contributed by atoms with E-state index in [1.54, 1.807) is 11.8 Å². The van der Waals surface area contributed by atoms with Crippen LogP contribution >= 0.6 is 0 Å². The van der Waals surface area contributed by atoms with Crippen LogP contribution in [0.25, 0.3) is 0 Å². The summed E-state index contributed by atoms with van der Waals surface area (Å²) in [6.07, 6.45) is -3.51. The van der Waals surface area contributed by atoms with Crippen molar-refractivity contribution in [1.82, 2.24) is 10.2 Å². The molecule has 0 aromatic rings. The molecule has 18 heavy (non-hydrogen) atoms. The van der Waals surface area contributed by atoms with E-state index in [2.05, 4.69) is 5.32 Å². The first-order valence-electron chi connectivity index (χ1n) is 6.33. The predicted molar refractivity (Wildman–Crippen MR) is 63.1 cm³/mol. The van der Waals surface area contributed by atoms with Gasteiger partial charge < -0.3 is 5.32 Å². The van der Waals surface area contributed by atoms with Crippen LogP contribution in [0, 0.1) is 5.92 Å². The maximum absolute atomic E-state index is 12.7. The molecule has 1 amide bonds. The molecule has 1 rings (SSSR count). The molecule has 1 aliphatic heterocycles. The number of likely N-dealkylation sites (tertiary alicyclic amines) is 1. The molecular formula is C12H21F3N2O. The first-order chi connectivity index (χ1) is 8.21. The minimum atomic E-state index is -4.16. The molecular weight excluding hydrogens is 245 g/mol. The summed E-state index contributed by atoms with van der Waals surface area (Å²) < 4.78 is 38.0. The highest BCUT2D eigenvalue weighted by molar-refractivity contribution is 5.81. The quantitative estimate of drug-likeness (QED) is 0.849. The smallest absolute Gasteiger partial charge is 0.353 e. The van der Waals surface area contributed by atoms with Gasteiger partial charge in [-0.05, 0) is 40.2 Å². The number of carbonyl (C=O) groups excluding carboxylic acids is 1. The molecule has 0 aromatic heterocycles. The van der Waals surface area contributed by atoms with E-state index in [0.29, 0.717) is 13.0 Å². The molecule has 0 radical (unpaired) electrons. The average Bonchev–Trinajstić information content (AvgIpc) is 2.26. The number of piperidine rings is 1. The van der Waals surface area contributed by atoms with Crippen molar-refractivity contribution in [2.24, 2.45) is 5.92 Å². The molecule has 3 nitrogen and oxygen atoms in total. The second-order valence-electron chi connectivity index (χ2n) is 5.21. The first kappa shape index (κ1) is 15.3. The topological polar surface area (TPSA) is 32.3 Å². The third kappa shape index (κ3) is 4.15. The highest BCUT2D eigenvalue weighted by atomic mass is 19.4. The Hall–Kier alpha value is -0.780. The lowest BCUT2D eigenvalue weighted by atomic mass is 9.96. The van der Waals surface area contributed by atoms with Gasteiger partial charge in [0.15, 0.2) is 0 Å². The van der Waals surface area contributed by atoms with Crippen molar-refractivity contribution in [3.05, 3.63) is 0 Å². The number of alkyl halides is 3. The standard InChI is InChI=1S/C12H21F3N2O/c1-8(2)16-11(18)9(3)17-6-4-5-10(7-17)12(13,14)15/h8-10H,4-7H2,1-3H3,(H,16,18)/t9-,10-/m1/s1. The van der Waals surface area contributed by atoms with Gasteiger partial charge in [-0.2, -0.15) is 13.2 Å². The van der Waals surface area contributed by atoms with Crippen LogP contribution in [0.4, 0.5) is 13.2 Å². The van der Waals surface area contributed by atoms with Crippen molar-refractivity contribution in [2.45, 2.75) is 51.9 Å². The van der Waals surface area contributed by atoms with Gasteiger partial charge >= 0.3 is 6.18 Å². The summed E-state index contributed by atoms with van der Waals surface area (Å²) in [5.41, 5.74) is 0. The summed E-state index contributed by atoms with van der Waals surface area (Å²) >= 11 is 0. The lowest BCUT2D eigenvalue weighted by molar-refractivity contribution is -0.189. The van der Waals surface area contributed by atoms with Crippen LogP contribution in [0.5, 0.6) is 0 Å². The Morgan fingerprint density at radius 1 is 1.33 bits per heavy atom. The maximum atomic E-state index is 12.7. The van der Waals surface area contributed by atoms with Gasteiger partial charge in [-0.15, -0.1) is 0 Å². The Labute approximate surface area is 106 Å². The van der Waals surface area contributed by atoms with Crippen LogP contribution in [-0.2, 0) is 4.79 Å². The van der Waals surface area contributed by atoms with Crippen molar-refractivity contribution in [2.75, 3.05) is 13.1 Å². The van der Waals surface area contributed by atoms with Gasteiger partial charge in [-0.3, -0.25) is 9.69 Å². The molecule has 1 heterocycles. The van der Waals surface area contributed by atoms with Gasteiger partial charge in [-0.1, -0.05) is 0 Å². The van der Waals surface area contributed by atoms with Crippen molar-refractivity contribution in [3.8, 4) is 0 Å². The fraction of sp³-hybridized carbons (Fsp3) is 0.917. The number of amides is 1.